The number of fused-ring (bicyclic) bond motifs is 3. The number of hydrogen-bond acceptors (Lipinski definition) is 15. The Balaban J connectivity index is 0. The molecule has 0 radical (unpaired) electrons. The Bertz CT molecular complexity index is 2230. The van der Waals surface area contributed by atoms with Gasteiger partial charge in [-0.2, -0.15) is 15.3 Å². The van der Waals surface area contributed by atoms with Gasteiger partial charge in [-0.15, -0.1) is 0 Å². The van der Waals surface area contributed by atoms with Gasteiger partial charge < -0.3 is 40.5 Å². The third-order valence-corrected chi connectivity index (χ3v) is 8.44. The fraction of sp³-hybridized carbons (Fsp3) is 0.390. The van der Waals surface area contributed by atoms with Crippen LogP contribution in [0.5, 0.6) is 0 Å². The molecule has 6 rings (SSSR count). The number of likely N-dealkylation sites (N-methyl/N-ethyl adjacent to an activating group) is 2. The monoisotopic (exact) mass is 975 g/mol. The fourth-order valence-electron chi connectivity index (χ4n) is 5.18. The Morgan fingerprint density at radius 2 is 1.24 bits per heavy atom. The van der Waals surface area contributed by atoms with Gasteiger partial charge in [-0.1, -0.05) is 70.5 Å². The molecule has 62 heavy (non-hydrogen) atoms. The van der Waals surface area contributed by atoms with Gasteiger partial charge in [0.25, 0.3) is 6.47 Å². The second-order valence-electron chi connectivity index (χ2n) is 13.3. The van der Waals surface area contributed by atoms with E-state index in [4.69, 9.17) is 24.3 Å². The second-order valence-corrected chi connectivity index (χ2v) is 14.1. The summed E-state index contributed by atoms with van der Waals surface area (Å²) in [5, 5.41) is 27.5. The van der Waals surface area contributed by atoms with Crippen molar-refractivity contribution < 1.29 is 148 Å². The fourth-order valence-corrected chi connectivity index (χ4v) is 5.89. The molecule has 3 heterocycles. The number of ether oxygens (including phenoxy) is 3. The summed E-state index contributed by atoms with van der Waals surface area (Å²) in [4.78, 5) is 52.5. The number of nitrogens with zero attached hydrogens (tertiary/aromatic N) is 8. The molecule has 0 aliphatic rings. The molecule has 6 aromatic rings. The number of rotatable bonds is 13. The van der Waals surface area contributed by atoms with Crippen molar-refractivity contribution in [3.63, 3.8) is 0 Å². The van der Waals surface area contributed by atoms with Crippen LogP contribution in [0.3, 0.4) is 0 Å². The number of carbonyl (C=O) groups excluding carboxylic acids is 4. The Morgan fingerprint density at radius 1 is 0.726 bits per heavy atom. The van der Waals surface area contributed by atoms with Gasteiger partial charge in [0.05, 0.1) is 50.5 Å². The first-order valence-corrected chi connectivity index (χ1v) is 19.8. The summed E-state index contributed by atoms with van der Waals surface area (Å²) in [7, 11) is 14.9. The van der Waals surface area contributed by atoms with Crippen molar-refractivity contribution in [2.24, 2.45) is 0 Å². The average molecular weight is 977 g/mol. The summed E-state index contributed by atoms with van der Waals surface area (Å²) in [6.07, 6.45) is 0. The zero-order chi connectivity index (χ0) is 44.6. The van der Waals surface area contributed by atoms with Gasteiger partial charge in [-0.25, -0.2) is 14.4 Å². The molecule has 0 spiro atoms. The number of alkyl halides is 1. The molecule has 3 aromatic heterocycles. The van der Waals surface area contributed by atoms with Crippen molar-refractivity contribution in [2.45, 2.75) is 20.0 Å². The van der Waals surface area contributed by atoms with Gasteiger partial charge in [-0.3, -0.25) is 19.3 Å². The average Bonchev–Trinajstić information content (AvgIpc) is 3.96. The van der Waals surface area contributed by atoms with Crippen molar-refractivity contribution in [3.8, 4) is 0 Å². The summed E-state index contributed by atoms with van der Waals surface area (Å²) < 4.78 is 18.0. The summed E-state index contributed by atoms with van der Waals surface area (Å²) >= 11 is 3.31. The van der Waals surface area contributed by atoms with Crippen molar-refractivity contribution >= 4 is 73.0 Å². The predicted molar refractivity (Wildman–Crippen MR) is 232 cm³/mol. The Kier molecular flexibility index (Phi) is 31.8. The number of H-pyrrole nitrogens is 1. The molecule has 0 aliphatic heterocycles. The van der Waals surface area contributed by atoms with Crippen LogP contribution in [0.25, 0.3) is 32.7 Å². The molecule has 3 aromatic carbocycles. The predicted octanol–water partition coefficient (Wildman–Crippen LogP) is -1.99. The molecule has 0 bridgehead atoms. The van der Waals surface area contributed by atoms with Crippen LogP contribution in [-0.4, -0.2) is 157 Å². The van der Waals surface area contributed by atoms with Crippen LogP contribution < -0.4 is 108 Å². The molecule has 21 heteroatoms. The number of para-hydroxylation sites is 2. The number of carbonyl (C=O) groups is 4. The standard InChI is InChI=1S/2C13H17N3O2.C10H10N2O2.C4H10BrN.CH2O3.2K.H/c1-15(2)8-9-16-11-7-5-4-6-10(11)12(14-16)13(17)18-3;1-15(2)8-9-16-12(13(17)18-3)10-6-4-5-7-11(10)14-16;1-2-14-10(13)9-7-5-3-4-6-8(7)11-12-9;1-6(2)4-3-5;2-1-4-3;;;/h2*4-7H,8-9H2,1-3H3;3-6H,2H2,1H3,(H,11,12);3-4H2,1-2H3;1,3H;;;/q;;;;;2*+1;-1/p-1. The minimum atomic E-state index is -0.394. The molecule has 0 saturated carbocycles. The minimum Gasteiger partial charge on any atom is -1.00 e. The third kappa shape index (κ3) is 19.7. The number of hydrogen-bond donors (Lipinski definition) is 1. The molecule has 0 saturated heterocycles. The Hall–Kier alpha value is -2.46. The Labute approximate surface area is 457 Å². The molecule has 0 unspecified atom stereocenters. The van der Waals surface area contributed by atoms with E-state index in [2.05, 4.69) is 65.1 Å². The molecule has 0 fully saturated rings. The van der Waals surface area contributed by atoms with Crippen molar-refractivity contribution in [2.75, 3.05) is 88.1 Å². The summed E-state index contributed by atoms with van der Waals surface area (Å²) in [5.41, 5.74) is 3.87. The van der Waals surface area contributed by atoms with Gasteiger partial charge in [-0.05, 0) is 67.4 Å². The molecular weight excluding hydrogens is 921 g/mol. The number of aromatic amines is 1. The van der Waals surface area contributed by atoms with Gasteiger partial charge in [0.15, 0.2) is 17.1 Å². The van der Waals surface area contributed by atoms with E-state index in [1.165, 1.54) is 14.2 Å². The molecule has 0 amide bonds. The molecule has 1 N–H and O–H groups in total. The second kappa shape index (κ2) is 33.1. The van der Waals surface area contributed by atoms with Crippen LogP contribution in [0.4, 0.5) is 0 Å². The number of esters is 3. The van der Waals surface area contributed by atoms with Gasteiger partial charge >= 0.3 is 121 Å². The van der Waals surface area contributed by atoms with E-state index in [9.17, 15) is 14.4 Å². The van der Waals surface area contributed by atoms with E-state index in [0.717, 1.165) is 64.2 Å². The van der Waals surface area contributed by atoms with Crippen molar-refractivity contribution in [1.29, 1.82) is 0 Å². The maximum absolute atomic E-state index is 11.9. The zero-order valence-electron chi connectivity index (χ0n) is 38.6. The Morgan fingerprint density at radius 3 is 1.76 bits per heavy atom. The topological polar surface area (TPSA) is 202 Å². The van der Waals surface area contributed by atoms with Crippen LogP contribution in [0.2, 0.25) is 0 Å². The quantitative estimate of drug-likeness (QED) is 0.0253. The maximum Gasteiger partial charge on any atom is 1.00 e. The van der Waals surface area contributed by atoms with E-state index in [1.54, 1.807) is 11.6 Å². The van der Waals surface area contributed by atoms with E-state index in [-0.39, 0.29) is 123 Å². The van der Waals surface area contributed by atoms with Gasteiger partial charge in [0.1, 0.15) is 0 Å². The van der Waals surface area contributed by atoms with E-state index < -0.39 is 5.97 Å². The van der Waals surface area contributed by atoms with Gasteiger partial charge in [0.2, 0.25) is 0 Å². The van der Waals surface area contributed by atoms with E-state index in [1.807, 2.05) is 111 Å². The normalized spacial score (nSPS) is 10.1. The molecular formula is C41H56BrK2N9O9. The van der Waals surface area contributed by atoms with Gasteiger partial charge in [0, 0.05) is 41.1 Å². The van der Waals surface area contributed by atoms with Crippen LogP contribution in [0, 0.1) is 0 Å². The summed E-state index contributed by atoms with van der Waals surface area (Å²) in [6.45, 7) is 6.16. The smallest absolute Gasteiger partial charge is 1.00 e. The maximum atomic E-state index is 11.9. The SMILES string of the molecule is CCOC(=O)c1n[nH]c2ccccc12.CN(C)CCBr.COC(=O)c1c2ccccc2nn1CCN(C)C.COC(=O)c1nn(CCN(C)C)c2ccccc12.O=CO[O-].[H-].[K+].[K+]. The largest absolute Gasteiger partial charge is 1.00 e. The number of nitrogens with one attached hydrogen (secondary N) is 1. The number of halogens is 1. The summed E-state index contributed by atoms with van der Waals surface area (Å²) in [5.74, 6) is -1.12. The van der Waals surface area contributed by atoms with E-state index >= 15 is 0 Å². The van der Waals surface area contributed by atoms with E-state index in [0.29, 0.717) is 30.2 Å². The molecule has 18 nitrogen and oxygen atoms in total. The molecule has 0 atom stereocenters. The van der Waals surface area contributed by atoms with Crippen molar-refractivity contribution in [3.05, 3.63) is 89.9 Å². The van der Waals surface area contributed by atoms with Crippen LogP contribution in [-0.2, 0) is 37.0 Å². The zero-order valence-corrected chi connectivity index (χ0v) is 45.4. The number of benzene rings is 3. The first-order valence-electron chi connectivity index (χ1n) is 18.7. The van der Waals surface area contributed by atoms with Crippen LogP contribution in [0.1, 0.15) is 39.8 Å². The third-order valence-electron chi connectivity index (χ3n) is 8.09. The summed E-state index contributed by atoms with van der Waals surface area (Å²) in [6, 6.07) is 22.7. The minimum absolute atomic E-state index is 0. The van der Waals surface area contributed by atoms with Crippen LogP contribution in [0.15, 0.2) is 72.8 Å². The first kappa shape index (κ1) is 59.5. The number of aromatic nitrogens is 6. The van der Waals surface area contributed by atoms with Crippen molar-refractivity contribution in [1.82, 2.24) is 44.5 Å². The molecule has 328 valence electrons. The molecule has 0 aliphatic carbocycles. The van der Waals surface area contributed by atoms with Crippen LogP contribution >= 0.6 is 15.9 Å². The first-order chi connectivity index (χ1) is 28.8. The number of methoxy groups -OCH3 is 2.